The normalized spacial score (nSPS) is 12.0. The molecule has 0 aliphatic rings. The van der Waals surface area contributed by atoms with Crippen LogP contribution in [0, 0.1) is 0 Å². The lowest BCUT2D eigenvalue weighted by atomic mass is 10.1. The molecule has 0 aliphatic carbocycles. The minimum absolute atomic E-state index is 0.141. The Morgan fingerprint density at radius 3 is 2.55 bits per heavy atom. The molecule has 0 fully saturated rings. The maximum atomic E-state index is 12.4. The Balaban J connectivity index is 2.09. The van der Waals surface area contributed by atoms with E-state index >= 15 is 0 Å². The summed E-state index contributed by atoms with van der Waals surface area (Å²) in [5.41, 5.74) is 1.79. The van der Waals surface area contributed by atoms with E-state index in [0.29, 0.717) is 15.7 Å². The number of aromatic nitrogens is 1. The Bertz CT molecular complexity index is 656. The first-order valence-electron chi connectivity index (χ1n) is 7.27. The molecule has 0 spiro atoms. The second-order valence-electron chi connectivity index (χ2n) is 5.19. The van der Waals surface area contributed by atoms with Crippen LogP contribution < -0.4 is 9.88 Å². The summed E-state index contributed by atoms with van der Waals surface area (Å²) in [7, 11) is 0. The summed E-state index contributed by atoms with van der Waals surface area (Å²) < 4.78 is 1.87. The van der Waals surface area contributed by atoms with E-state index in [4.69, 9.17) is 23.2 Å². The maximum absolute atomic E-state index is 12.4. The van der Waals surface area contributed by atoms with Crippen LogP contribution in [-0.2, 0) is 11.2 Å². The summed E-state index contributed by atoms with van der Waals surface area (Å²) in [6, 6.07) is 8.73. The van der Waals surface area contributed by atoms with Gasteiger partial charge in [0.05, 0.1) is 10.7 Å². The standard InChI is InChI=1S/C17H18Cl2N2O/c1-3-4-13-7-9-21(10-8-13)12(2)17(22)20-16-11-14(18)5-6-15(16)19/h5-12H,3-4H2,1-2H3/p+1/t12-/m1/s1. The van der Waals surface area contributed by atoms with E-state index in [1.165, 1.54) is 5.56 Å². The highest BCUT2D eigenvalue weighted by Crippen LogP contribution is 2.25. The van der Waals surface area contributed by atoms with Gasteiger partial charge in [0.2, 0.25) is 6.04 Å². The molecule has 3 nitrogen and oxygen atoms in total. The van der Waals surface area contributed by atoms with Gasteiger partial charge in [0.15, 0.2) is 12.4 Å². The van der Waals surface area contributed by atoms with E-state index in [2.05, 4.69) is 12.2 Å². The second-order valence-corrected chi connectivity index (χ2v) is 6.04. The highest BCUT2D eigenvalue weighted by Gasteiger charge is 2.22. The van der Waals surface area contributed by atoms with Crippen molar-refractivity contribution in [3.05, 3.63) is 58.3 Å². The van der Waals surface area contributed by atoms with E-state index in [0.717, 1.165) is 12.8 Å². The fraction of sp³-hybridized carbons (Fsp3) is 0.294. The highest BCUT2D eigenvalue weighted by molar-refractivity contribution is 6.35. The van der Waals surface area contributed by atoms with Gasteiger partial charge in [-0.3, -0.25) is 4.79 Å². The number of benzene rings is 1. The Morgan fingerprint density at radius 1 is 1.23 bits per heavy atom. The van der Waals surface area contributed by atoms with Crippen LogP contribution in [0.1, 0.15) is 31.9 Å². The predicted molar refractivity (Wildman–Crippen MR) is 90.4 cm³/mol. The molecule has 0 unspecified atom stereocenters. The summed E-state index contributed by atoms with van der Waals surface area (Å²) in [5, 5.41) is 3.81. The number of aryl methyl sites for hydroxylation is 1. The summed E-state index contributed by atoms with van der Waals surface area (Å²) in [5.74, 6) is -0.141. The molecule has 1 aromatic carbocycles. The molecule has 22 heavy (non-hydrogen) atoms. The monoisotopic (exact) mass is 337 g/mol. The zero-order chi connectivity index (χ0) is 16.1. The van der Waals surface area contributed by atoms with E-state index in [1.807, 2.05) is 36.0 Å². The second kappa shape index (κ2) is 7.61. The first kappa shape index (κ1) is 16.8. The number of rotatable bonds is 5. The minimum Gasteiger partial charge on any atom is -0.319 e. The van der Waals surface area contributed by atoms with Crippen LogP contribution in [0.4, 0.5) is 5.69 Å². The van der Waals surface area contributed by atoms with Crippen LogP contribution in [-0.4, -0.2) is 5.91 Å². The molecular weight excluding hydrogens is 319 g/mol. The Morgan fingerprint density at radius 2 is 1.91 bits per heavy atom. The Kier molecular flexibility index (Phi) is 5.81. The van der Waals surface area contributed by atoms with Crippen LogP contribution in [0.2, 0.25) is 10.0 Å². The van der Waals surface area contributed by atoms with Crippen molar-refractivity contribution in [3.63, 3.8) is 0 Å². The lowest BCUT2D eigenvalue weighted by molar-refractivity contribution is -0.705. The molecule has 0 bridgehead atoms. The van der Waals surface area contributed by atoms with Crippen LogP contribution in [0.3, 0.4) is 0 Å². The van der Waals surface area contributed by atoms with Crippen LogP contribution in [0.25, 0.3) is 0 Å². The van der Waals surface area contributed by atoms with Crippen molar-refractivity contribution in [1.29, 1.82) is 0 Å². The zero-order valence-corrected chi connectivity index (χ0v) is 14.2. The van der Waals surface area contributed by atoms with Gasteiger partial charge in [0, 0.05) is 24.1 Å². The first-order valence-corrected chi connectivity index (χ1v) is 8.02. The van der Waals surface area contributed by atoms with Crippen LogP contribution in [0.15, 0.2) is 42.7 Å². The van der Waals surface area contributed by atoms with Crippen molar-refractivity contribution in [1.82, 2.24) is 0 Å². The molecule has 5 heteroatoms. The van der Waals surface area contributed by atoms with Gasteiger partial charge in [-0.25, -0.2) is 0 Å². The van der Waals surface area contributed by atoms with Crippen LogP contribution >= 0.6 is 23.2 Å². The third-order valence-electron chi connectivity index (χ3n) is 3.47. The average molecular weight is 338 g/mol. The van der Waals surface area contributed by atoms with Crippen molar-refractivity contribution < 1.29 is 9.36 Å². The number of nitrogens with zero attached hydrogens (tertiary/aromatic N) is 1. The molecule has 116 valence electrons. The number of amides is 1. The summed E-state index contributed by atoms with van der Waals surface area (Å²) in [6.07, 6.45) is 6.00. The molecule has 2 aromatic rings. The van der Waals surface area contributed by atoms with E-state index in [9.17, 15) is 4.79 Å². The van der Waals surface area contributed by atoms with Gasteiger partial charge < -0.3 is 5.32 Å². The highest BCUT2D eigenvalue weighted by atomic mass is 35.5. The fourth-order valence-corrected chi connectivity index (χ4v) is 2.49. The smallest absolute Gasteiger partial charge is 0.293 e. The molecule has 1 heterocycles. The molecule has 0 saturated carbocycles. The number of halogens is 2. The topological polar surface area (TPSA) is 33.0 Å². The van der Waals surface area contributed by atoms with Crippen molar-refractivity contribution in [2.75, 3.05) is 5.32 Å². The van der Waals surface area contributed by atoms with E-state index in [1.54, 1.807) is 18.2 Å². The molecule has 1 aromatic heterocycles. The fourth-order valence-electron chi connectivity index (χ4n) is 2.15. The zero-order valence-electron chi connectivity index (χ0n) is 12.6. The quantitative estimate of drug-likeness (QED) is 0.804. The summed E-state index contributed by atoms with van der Waals surface area (Å²) in [6.45, 7) is 3.99. The lowest BCUT2D eigenvalue weighted by Gasteiger charge is -2.10. The number of anilines is 1. The third-order valence-corrected chi connectivity index (χ3v) is 4.04. The van der Waals surface area contributed by atoms with Gasteiger partial charge in [-0.2, -0.15) is 4.57 Å². The largest absolute Gasteiger partial charge is 0.319 e. The molecule has 2 rings (SSSR count). The number of hydrogen-bond donors (Lipinski definition) is 1. The lowest BCUT2D eigenvalue weighted by Crippen LogP contribution is -2.44. The predicted octanol–water partition coefficient (Wildman–Crippen LogP) is 4.43. The van der Waals surface area contributed by atoms with Gasteiger partial charge in [-0.05, 0) is 30.2 Å². The Labute approximate surface area is 140 Å². The van der Waals surface area contributed by atoms with Crippen molar-refractivity contribution >= 4 is 34.8 Å². The maximum Gasteiger partial charge on any atom is 0.293 e. The minimum atomic E-state index is -0.342. The number of pyridine rings is 1. The number of carbonyl (C=O) groups excluding carboxylic acids is 1. The van der Waals surface area contributed by atoms with E-state index < -0.39 is 0 Å². The van der Waals surface area contributed by atoms with Gasteiger partial charge >= 0.3 is 0 Å². The van der Waals surface area contributed by atoms with E-state index in [-0.39, 0.29) is 11.9 Å². The summed E-state index contributed by atoms with van der Waals surface area (Å²) in [4.78, 5) is 12.4. The van der Waals surface area contributed by atoms with Gasteiger partial charge in [-0.1, -0.05) is 36.5 Å². The van der Waals surface area contributed by atoms with Crippen molar-refractivity contribution in [2.45, 2.75) is 32.7 Å². The molecule has 1 amide bonds. The van der Waals surface area contributed by atoms with Gasteiger partial charge in [-0.15, -0.1) is 0 Å². The molecule has 0 radical (unpaired) electrons. The Hall–Kier alpha value is -1.58. The van der Waals surface area contributed by atoms with Gasteiger partial charge in [0.1, 0.15) is 0 Å². The van der Waals surface area contributed by atoms with Crippen molar-refractivity contribution in [2.24, 2.45) is 0 Å². The SMILES string of the molecule is CCCc1cc[n+]([C@H](C)C(=O)Nc2cc(Cl)ccc2Cl)cc1. The number of hydrogen-bond acceptors (Lipinski definition) is 1. The average Bonchev–Trinajstić information content (AvgIpc) is 2.51. The number of carbonyl (C=O) groups is 1. The molecule has 0 aliphatic heterocycles. The molecule has 1 atom stereocenters. The van der Waals surface area contributed by atoms with Gasteiger partial charge in [0.25, 0.3) is 5.91 Å². The molecule has 1 N–H and O–H groups in total. The third kappa shape index (κ3) is 4.21. The number of nitrogens with one attached hydrogen (secondary N) is 1. The van der Waals surface area contributed by atoms with Crippen molar-refractivity contribution in [3.8, 4) is 0 Å². The summed E-state index contributed by atoms with van der Waals surface area (Å²) >= 11 is 12.0. The first-order chi connectivity index (χ1) is 10.5. The van der Waals surface area contributed by atoms with Crippen LogP contribution in [0.5, 0.6) is 0 Å². The molecule has 0 saturated heterocycles. The molecular formula is C17H19Cl2N2O+.